The summed E-state index contributed by atoms with van der Waals surface area (Å²) in [5.74, 6) is 1.64. The molecule has 0 saturated heterocycles. The molecular formula is C29H30N2O3. The van der Waals surface area contributed by atoms with Gasteiger partial charge in [-0.2, -0.15) is 0 Å². The number of aryl methyl sites for hydroxylation is 2. The van der Waals surface area contributed by atoms with E-state index in [1.54, 1.807) is 0 Å². The van der Waals surface area contributed by atoms with E-state index in [4.69, 9.17) is 9.26 Å². The average molecular weight is 455 g/mol. The Bertz CT molecular complexity index is 1170. The smallest absolute Gasteiger partial charge is 0.227 e. The van der Waals surface area contributed by atoms with E-state index in [0.717, 1.165) is 40.3 Å². The number of hydrogen-bond donors (Lipinski definition) is 0. The third kappa shape index (κ3) is 6.35. The van der Waals surface area contributed by atoms with E-state index in [-0.39, 0.29) is 5.91 Å². The molecule has 0 aliphatic rings. The molecule has 4 aromatic rings. The Labute approximate surface area is 201 Å². The van der Waals surface area contributed by atoms with Gasteiger partial charge in [-0.15, -0.1) is 0 Å². The van der Waals surface area contributed by atoms with Gasteiger partial charge in [-0.25, -0.2) is 0 Å². The predicted octanol–water partition coefficient (Wildman–Crippen LogP) is 5.68. The summed E-state index contributed by atoms with van der Waals surface area (Å²) < 4.78 is 11.1. The summed E-state index contributed by atoms with van der Waals surface area (Å²) in [6.07, 6.45) is 1.18. The van der Waals surface area contributed by atoms with Gasteiger partial charge in [-0.1, -0.05) is 78.0 Å². The van der Waals surface area contributed by atoms with Gasteiger partial charge in [-0.3, -0.25) is 4.79 Å². The van der Waals surface area contributed by atoms with Gasteiger partial charge in [0.2, 0.25) is 5.91 Å². The molecule has 0 aliphatic heterocycles. The minimum atomic E-state index is 0.115. The van der Waals surface area contributed by atoms with Gasteiger partial charge in [0.25, 0.3) is 0 Å². The molecule has 0 fully saturated rings. The van der Waals surface area contributed by atoms with Gasteiger partial charge in [0.1, 0.15) is 18.1 Å². The molecule has 1 amide bonds. The van der Waals surface area contributed by atoms with Crippen LogP contribution in [-0.4, -0.2) is 22.5 Å². The molecule has 0 aliphatic carbocycles. The van der Waals surface area contributed by atoms with Crippen molar-refractivity contribution in [2.45, 2.75) is 39.8 Å². The van der Waals surface area contributed by atoms with E-state index >= 15 is 0 Å². The van der Waals surface area contributed by atoms with Gasteiger partial charge in [-0.05, 0) is 49.1 Å². The fourth-order valence-electron chi connectivity index (χ4n) is 3.86. The molecule has 0 bridgehead atoms. The second-order valence-corrected chi connectivity index (χ2v) is 8.45. The van der Waals surface area contributed by atoms with Crippen LogP contribution in [0.15, 0.2) is 89.5 Å². The Morgan fingerprint density at radius 2 is 1.50 bits per heavy atom. The van der Waals surface area contributed by atoms with Crippen molar-refractivity contribution in [2.75, 3.05) is 6.54 Å². The highest BCUT2D eigenvalue weighted by Crippen LogP contribution is 2.19. The van der Waals surface area contributed by atoms with Crippen LogP contribution < -0.4 is 4.74 Å². The van der Waals surface area contributed by atoms with Crippen LogP contribution >= 0.6 is 0 Å². The van der Waals surface area contributed by atoms with E-state index in [1.165, 1.54) is 5.56 Å². The standard InChI is InChI=1S/C29H30N2O3/c1-22-28(23(2)34-30-22)21-33-27-15-13-25(14-16-27)19-29(32)31(20-26-11-7-4-8-12-26)18-17-24-9-5-3-6-10-24/h3-16H,17-21H2,1-2H3. The van der Waals surface area contributed by atoms with Crippen LogP contribution in [-0.2, 0) is 30.8 Å². The van der Waals surface area contributed by atoms with Gasteiger partial charge in [0, 0.05) is 13.1 Å². The van der Waals surface area contributed by atoms with Crippen molar-refractivity contribution < 1.29 is 14.1 Å². The maximum Gasteiger partial charge on any atom is 0.227 e. The Morgan fingerprint density at radius 3 is 2.12 bits per heavy atom. The zero-order valence-electron chi connectivity index (χ0n) is 19.7. The van der Waals surface area contributed by atoms with Gasteiger partial charge < -0.3 is 14.2 Å². The van der Waals surface area contributed by atoms with E-state index in [9.17, 15) is 4.79 Å². The number of amides is 1. The van der Waals surface area contributed by atoms with Crippen molar-refractivity contribution in [2.24, 2.45) is 0 Å². The number of rotatable bonds is 10. The first-order valence-corrected chi connectivity index (χ1v) is 11.6. The van der Waals surface area contributed by atoms with Gasteiger partial charge in [0.05, 0.1) is 17.7 Å². The summed E-state index contributed by atoms with van der Waals surface area (Å²) in [4.78, 5) is 15.2. The van der Waals surface area contributed by atoms with Crippen LogP contribution in [0, 0.1) is 13.8 Å². The number of ether oxygens (including phenoxy) is 1. The van der Waals surface area contributed by atoms with Gasteiger partial charge in [0.15, 0.2) is 0 Å². The molecule has 5 heteroatoms. The van der Waals surface area contributed by atoms with Crippen molar-refractivity contribution in [3.63, 3.8) is 0 Å². The zero-order valence-corrected chi connectivity index (χ0v) is 19.7. The molecule has 1 heterocycles. The predicted molar refractivity (Wildman–Crippen MR) is 132 cm³/mol. The Hall–Kier alpha value is -3.86. The molecule has 0 atom stereocenters. The Balaban J connectivity index is 1.38. The molecule has 174 valence electrons. The van der Waals surface area contributed by atoms with E-state index in [0.29, 0.717) is 26.1 Å². The van der Waals surface area contributed by atoms with Crippen LogP contribution in [0.25, 0.3) is 0 Å². The molecule has 34 heavy (non-hydrogen) atoms. The largest absolute Gasteiger partial charge is 0.489 e. The van der Waals surface area contributed by atoms with Crippen molar-refractivity contribution in [1.82, 2.24) is 10.1 Å². The number of benzene rings is 3. The summed E-state index contributed by atoms with van der Waals surface area (Å²) in [7, 11) is 0. The monoisotopic (exact) mass is 454 g/mol. The summed E-state index contributed by atoms with van der Waals surface area (Å²) in [6, 6.07) is 28.2. The van der Waals surface area contributed by atoms with Crippen molar-refractivity contribution in [3.8, 4) is 5.75 Å². The number of carbonyl (C=O) groups excluding carboxylic acids is 1. The number of aromatic nitrogens is 1. The van der Waals surface area contributed by atoms with Crippen LogP contribution in [0.5, 0.6) is 5.75 Å². The third-order valence-corrected chi connectivity index (χ3v) is 5.93. The molecule has 1 aromatic heterocycles. The van der Waals surface area contributed by atoms with Crippen molar-refractivity contribution >= 4 is 5.91 Å². The highest BCUT2D eigenvalue weighted by molar-refractivity contribution is 5.78. The first-order valence-electron chi connectivity index (χ1n) is 11.6. The minimum Gasteiger partial charge on any atom is -0.489 e. The third-order valence-electron chi connectivity index (χ3n) is 5.93. The number of carbonyl (C=O) groups is 1. The second-order valence-electron chi connectivity index (χ2n) is 8.45. The molecule has 5 nitrogen and oxygen atoms in total. The number of hydrogen-bond acceptors (Lipinski definition) is 4. The summed E-state index contributed by atoms with van der Waals surface area (Å²) in [5.41, 5.74) is 5.13. The van der Waals surface area contributed by atoms with Crippen LogP contribution in [0.2, 0.25) is 0 Å². The fourth-order valence-corrected chi connectivity index (χ4v) is 3.86. The quantitative estimate of drug-likeness (QED) is 0.309. The highest BCUT2D eigenvalue weighted by Gasteiger charge is 2.15. The lowest BCUT2D eigenvalue weighted by atomic mass is 10.1. The summed E-state index contributed by atoms with van der Waals surface area (Å²) in [6.45, 7) is 5.47. The molecule has 0 saturated carbocycles. The average Bonchev–Trinajstić information content (AvgIpc) is 3.19. The lowest BCUT2D eigenvalue weighted by Crippen LogP contribution is -2.33. The summed E-state index contributed by atoms with van der Waals surface area (Å²) >= 11 is 0. The van der Waals surface area contributed by atoms with Crippen LogP contribution in [0.1, 0.15) is 33.7 Å². The molecule has 4 rings (SSSR count). The zero-order chi connectivity index (χ0) is 23.8. The first-order chi connectivity index (χ1) is 16.6. The topological polar surface area (TPSA) is 55.6 Å². The first kappa shape index (κ1) is 23.3. The maximum absolute atomic E-state index is 13.3. The highest BCUT2D eigenvalue weighted by atomic mass is 16.5. The van der Waals surface area contributed by atoms with Gasteiger partial charge >= 0.3 is 0 Å². The molecule has 0 spiro atoms. The van der Waals surface area contributed by atoms with Crippen molar-refractivity contribution in [1.29, 1.82) is 0 Å². The van der Waals surface area contributed by atoms with Crippen LogP contribution in [0.4, 0.5) is 0 Å². The van der Waals surface area contributed by atoms with E-state index in [2.05, 4.69) is 29.4 Å². The second kappa shape index (κ2) is 11.3. The Morgan fingerprint density at radius 1 is 0.853 bits per heavy atom. The van der Waals surface area contributed by atoms with E-state index in [1.807, 2.05) is 79.4 Å². The molecule has 0 radical (unpaired) electrons. The van der Waals surface area contributed by atoms with Crippen LogP contribution in [0.3, 0.4) is 0 Å². The van der Waals surface area contributed by atoms with E-state index < -0.39 is 0 Å². The summed E-state index contributed by atoms with van der Waals surface area (Å²) in [5, 5.41) is 3.96. The SMILES string of the molecule is Cc1noc(C)c1COc1ccc(CC(=O)N(CCc2ccccc2)Cc2ccccc2)cc1. The lowest BCUT2D eigenvalue weighted by Gasteiger charge is -2.23. The van der Waals surface area contributed by atoms with Crippen molar-refractivity contribution in [3.05, 3.63) is 119 Å². The number of nitrogens with zero attached hydrogens (tertiary/aromatic N) is 2. The molecule has 3 aromatic carbocycles. The normalized spacial score (nSPS) is 10.8. The minimum absolute atomic E-state index is 0.115. The lowest BCUT2D eigenvalue weighted by molar-refractivity contribution is -0.131. The maximum atomic E-state index is 13.3. The molecule has 0 N–H and O–H groups in total. The fraction of sp³-hybridized carbons (Fsp3) is 0.241. The Kier molecular flexibility index (Phi) is 7.76. The molecular weight excluding hydrogens is 424 g/mol. The molecule has 0 unspecified atom stereocenters.